The van der Waals surface area contributed by atoms with Crippen molar-refractivity contribution < 1.29 is 19.4 Å². The third-order valence-electron chi connectivity index (χ3n) is 1.29. The summed E-state index contributed by atoms with van der Waals surface area (Å²) in [6.07, 6.45) is -0.184. The lowest BCUT2D eigenvalue weighted by atomic mass is 10.2. The van der Waals surface area contributed by atoms with Crippen molar-refractivity contribution in [1.29, 1.82) is 0 Å². The Morgan fingerprint density at radius 2 is 2.00 bits per heavy atom. The lowest BCUT2D eigenvalue weighted by Gasteiger charge is -2.20. The van der Waals surface area contributed by atoms with Gasteiger partial charge in [0, 0.05) is 0 Å². The fourth-order valence-electron chi connectivity index (χ4n) is 0.767. The monoisotopic (exact) mass is 221 g/mol. The van der Waals surface area contributed by atoms with Crippen molar-refractivity contribution in [3.63, 3.8) is 0 Å². The van der Waals surface area contributed by atoms with E-state index in [0.29, 0.717) is 0 Å². The zero-order chi connectivity index (χ0) is 11.4. The average molecular weight is 221 g/mol. The lowest BCUT2D eigenvalue weighted by molar-refractivity contribution is -0.158. The number of ether oxygens (including phenoxy) is 1. The van der Waals surface area contributed by atoms with Crippen molar-refractivity contribution in [2.75, 3.05) is 0 Å². The number of rotatable bonds is 4. The van der Waals surface area contributed by atoms with Crippen LogP contribution in [0.5, 0.6) is 0 Å². The van der Waals surface area contributed by atoms with Gasteiger partial charge >= 0.3 is 11.9 Å². The van der Waals surface area contributed by atoms with Gasteiger partial charge in [0.25, 0.3) is 0 Å². The Kier molecular flexibility index (Phi) is 5.02. The molecule has 2 unspecified atom stereocenters. The molecule has 0 aromatic rings. The van der Waals surface area contributed by atoms with Gasteiger partial charge in [-0.2, -0.15) is 0 Å². The third-order valence-corrected chi connectivity index (χ3v) is 1.69. The number of carbonyl (C=O) groups is 2. The highest BCUT2D eigenvalue weighted by atomic mass is 31.0. The second kappa shape index (κ2) is 5.27. The number of carboxylic acids is 1. The highest BCUT2D eigenvalue weighted by Gasteiger charge is 2.23. The molecule has 0 amide bonds. The predicted molar refractivity (Wildman–Crippen MR) is 54.7 cm³/mol. The van der Waals surface area contributed by atoms with Crippen molar-refractivity contribution in [2.45, 2.75) is 38.8 Å². The molecule has 0 saturated heterocycles. The quantitative estimate of drug-likeness (QED) is 0.535. The van der Waals surface area contributed by atoms with E-state index in [0.717, 1.165) is 0 Å². The Morgan fingerprint density at radius 3 is 2.29 bits per heavy atom. The van der Waals surface area contributed by atoms with Crippen LogP contribution in [0.25, 0.3) is 0 Å². The van der Waals surface area contributed by atoms with Crippen molar-refractivity contribution in [2.24, 2.45) is 0 Å². The molecule has 0 aliphatic heterocycles. The topological polar surface area (TPSA) is 75.6 Å². The number of aliphatic carboxylic acids is 1. The molecular weight excluding hydrogens is 205 g/mol. The Balaban J connectivity index is 4.11. The molecule has 14 heavy (non-hydrogen) atoms. The Bertz CT molecular complexity index is 224. The van der Waals surface area contributed by atoms with Gasteiger partial charge in [0.15, 0.2) is 0 Å². The van der Waals surface area contributed by atoms with E-state index in [2.05, 4.69) is 14.5 Å². The fraction of sp³-hybridized carbons (Fsp3) is 0.750. The number of hydrogen-bond donors (Lipinski definition) is 2. The summed E-state index contributed by atoms with van der Waals surface area (Å²) in [6.45, 7) is 5.19. The van der Waals surface area contributed by atoms with Crippen molar-refractivity contribution in [3.8, 4) is 0 Å². The van der Waals surface area contributed by atoms with Crippen LogP contribution in [0.1, 0.15) is 27.2 Å². The molecule has 0 aliphatic rings. The van der Waals surface area contributed by atoms with Gasteiger partial charge in [0.1, 0.15) is 11.6 Å². The summed E-state index contributed by atoms with van der Waals surface area (Å²) in [5.41, 5.74) is -0.582. The van der Waals surface area contributed by atoms with Crippen LogP contribution in [0, 0.1) is 0 Å². The molecule has 0 aromatic heterocycles. The van der Waals surface area contributed by atoms with Crippen LogP contribution in [0.3, 0.4) is 0 Å². The first-order chi connectivity index (χ1) is 6.26. The maximum Gasteiger partial charge on any atom is 0.321 e. The summed E-state index contributed by atoms with van der Waals surface area (Å²) in [6, 6.07) is -0.921. The molecule has 6 heteroatoms. The van der Waals surface area contributed by atoms with Gasteiger partial charge in [-0.25, -0.2) is 0 Å². The fourth-order valence-corrected chi connectivity index (χ4v) is 1.03. The minimum Gasteiger partial charge on any atom is -0.480 e. The van der Waals surface area contributed by atoms with Crippen LogP contribution in [-0.4, -0.2) is 28.7 Å². The smallest absolute Gasteiger partial charge is 0.321 e. The van der Waals surface area contributed by atoms with Crippen LogP contribution in [-0.2, 0) is 14.3 Å². The minimum atomic E-state index is -1.08. The third kappa shape index (κ3) is 5.89. The predicted octanol–water partition coefficient (Wildman–Crippen LogP) is 0.551. The number of nitrogens with one attached hydrogen (secondary N) is 1. The summed E-state index contributed by atoms with van der Waals surface area (Å²) in [5, 5.41) is 11.1. The molecule has 0 heterocycles. The van der Waals surface area contributed by atoms with Gasteiger partial charge in [-0.3, -0.25) is 14.7 Å². The van der Waals surface area contributed by atoms with Gasteiger partial charge in [-0.05, 0) is 20.8 Å². The summed E-state index contributed by atoms with van der Waals surface area (Å²) in [7, 11) is 2.07. The maximum absolute atomic E-state index is 11.2. The van der Waals surface area contributed by atoms with Crippen LogP contribution in [0.2, 0.25) is 0 Å². The van der Waals surface area contributed by atoms with E-state index in [1.807, 2.05) is 0 Å². The zero-order valence-electron chi connectivity index (χ0n) is 8.53. The summed E-state index contributed by atoms with van der Waals surface area (Å²) in [5.74, 6) is -1.61. The largest absolute Gasteiger partial charge is 0.480 e. The molecule has 0 rings (SSSR count). The van der Waals surface area contributed by atoms with Gasteiger partial charge in [0.05, 0.1) is 6.42 Å². The van der Waals surface area contributed by atoms with E-state index in [-0.39, 0.29) is 6.42 Å². The van der Waals surface area contributed by atoms with E-state index in [4.69, 9.17) is 9.84 Å². The molecule has 2 N–H and O–H groups in total. The minimum absolute atomic E-state index is 0.184. The molecule has 0 spiro atoms. The second-order valence-electron chi connectivity index (χ2n) is 3.85. The van der Waals surface area contributed by atoms with Gasteiger partial charge in [-0.1, -0.05) is 9.39 Å². The van der Waals surface area contributed by atoms with Gasteiger partial charge in [0.2, 0.25) is 0 Å². The highest BCUT2D eigenvalue weighted by molar-refractivity contribution is 7.13. The summed E-state index contributed by atoms with van der Waals surface area (Å²) < 4.78 is 4.97. The maximum atomic E-state index is 11.2. The SMILES string of the molecule is CC(C)(C)OC(=O)CC(NP)C(=O)O. The Hall–Kier alpha value is -0.670. The van der Waals surface area contributed by atoms with Crippen LogP contribution in [0.4, 0.5) is 0 Å². The highest BCUT2D eigenvalue weighted by Crippen LogP contribution is 2.09. The molecule has 0 fully saturated rings. The van der Waals surface area contributed by atoms with Crippen LogP contribution >= 0.6 is 9.39 Å². The van der Waals surface area contributed by atoms with Crippen molar-refractivity contribution in [1.82, 2.24) is 5.09 Å². The number of carboxylic acid groups (broad SMARTS) is 1. The molecule has 0 aromatic carbocycles. The first-order valence-electron chi connectivity index (χ1n) is 4.17. The number of hydrogen-bond acceptors (Lipinski definition) is 4. The van der Waals surface area contributed by atoms with Crippen LogP contribution < -0.4 is 5.09 Å². The lowest BCUT2D eigenvalue weighted by Crippen LogP contribution is -2.35. The van der Waals surface area contributed by atoms with Gasteiger partial charge < -0.3 is 9.84 Å². The number of carbonyl (C=O) groups excluding carboxylic acids is 1. The first-order valence-corrected chi connectivity index (χ1v) is 4.75. The molecular formula is C8H16NO4P. The standard InChI is InChI=1S/C8H16NO4P/c1-8(2,3)13-6(10)4-5(9-14)7(11)12/h5,9H,4,14H2,1-3H3,(H,11,12). The van der Waals surface area contributed by atoms with E-state index in [1.165, 1.54) is 0 Å². The molecule has 2 atom stereocenters. The summed E-state index contributed by atoms with van der Waals surface area (Å²) in [4.78, 5) is 21.7. The van der Waals surface area contributed by atoms with Crippen molar-refractivity contribution in [3.05, 3.63) is 0 Å². The Morgan fingerprint density at radius 1 is 1.50 bits per heavy atom. The van der Waals surface area contributed by atoms with E-state index in [1.54, 1.807) is 20.8 Å². The van der Waals surface area contributed by atoms with E-state index in [9.17, 15) is 9.59 Å². The summed E-state index contributed by atoms with van der Waals surface area (Å²) >= 11 is 0. The Labute approximate surface area is 85.5 Å². The molecule has 5 nitrogen and oxygen atoms in total. The molecule has 0 aliphatic carbocycles. The molecule has 0 radical (unpaired) electrons. The van der Waals surface area contributed by atoms with Gasteiger partial charge in [-0.15, -0.1) is 0 Å². The van der Waals surface area contributed by atoms with E-state index < -0.39 is 23.6 Å². The average Bonchev–Trinajstić information content (AvgIpc) is 1.96. The first kappa shape index (κ1) is 13.3. The molecule has 82 valence electrons. The molecule has 0 bridgehead atoms. The van der Waals surface area contributed by atoms with Crippen LogP contribution in [0.15, 0.2) is 0 Å². The zero-order valence-corrected chi connectivity index (χ0v) is 9.69. The van der Waals surface area contributed by atoms with Crippen molar-refractivity contribution >= 4 is 21.3 Å². The molecule has 0 saturated carbocycles. The number of esters is 1. The normalized spacial score (nSPS) is 13.4. The van der Waals surface area contributed by atoms with E-state index >= 15 is 0 Å². The second-order valence-corrected chi connectivity index (χ2v) is 4.18.